The van der Waals surface area contributed by atoms with E-state index in [0.717, 1.165) is 17.4 Å². The topological polar surface area (TPSA) is 37.3 Å². The van der Waals surface area contributed by atoms with Crippen LogP contribution in [0.3, 0.4) is 0 Å². The summed E-state index contributed by atoms with van der Waals surface area (Å²) in [7, 11) is 0. The van der Waals surface area contributed by atoms with Gasteiger partial charge in [-0.15, -0.1) is 0 Å². The summed E-state index contributed by atoms with van der Waals surface area (Å²) in [4.78, 5) is 10.7. The van der Waals surface area contributed by atoms with Crippen molar-refractivity contribution in [2.75, 3.05) is 5.33 Å². The highest BCUT2D eigenvalue weighted by atomic mass is 79.9. The third-order valence-electron chi connectivity index (χ3n) is 1.98. The van der Waals surface area contributed by atoms with Crippen molar-refractivity contribution >= 4 is 22.2 Å². The molecule has 1 aromatic rings. The minimum absolute atomic E-state index is 0.124. The first-order valence-electron chi connectivity index (χ1n) is 3.99. The number of hydrogen-bond donors (Lipinski definition) is 1. The Bertz CT molecular complexity index is 310. The molecule has 0 spiro atoms. The first-order chi connectivity index (χ1) is 6.19. The number of phenols is 1. The quantitative estimate of drug-likeness (QED) is 0.653. The van der Waals surface area contributed by atoms with Crippen LogP contribution in [-0.2, 0) is 4.79 Å². The van der Waals surface area contributed by atoms with E-state index >= 15 is 0 Å². The molecule has 0 saturated heterocycles. The van der Waals surface area contributed by atoms with E-state index in [-0.39, 0.29) is 11.7 Å². The Hall–Kier alpha value is -0.830. The fourth-order valence-electron chi connectivity index (χ4n) is 1.27. The Morgan fingerprint density at radius 2 is 2.31 bits per heavy atom. The minimum Gasteiger partial charge on any atom is -0.508 e. The van der Waals surface area contributed by atoms with E-state index in [2.05, 4.69) is 15.9 Å². The standard InChI is InChI=1S/C10H11BrO2/c1-7-4-9(13)2-3-10(7)8(5-11)6-12/h2-4,6,8,13H,5H2,1H3. The number of carbonyl (C=O) groups is 1. The van der Waals surface area contributed by atoms with Crippen molar-refractivity contribution in [3.63, 3.8) is 0 Å². The molecule has 0 radical (unpaired) electrons. The van der Waals surface area contributed by atoms with Gasteiger partial charge in [0.25, 0.3) is 0 Å². The van der Waals surface area contributed by atoms with Gasteiger partial charge in [0.1, 0.15) is 12.0 Å². The number of alkyl halides is 1. The average Bonchev–Trinajstić information content (AvgIpc) is 2.10. The second-order valence-electron chi connectivity index (χ2n) is 2.94. The van der Waals surface area contributed by atoms with E-state index in [9.17, 15) is 4.79 Å². The van der Waals surface area contributed by atoms with Crippen LogP contribution in [0.1, 0.15) is 17.0 Å². The van der Waals surface area contributed by atoms with Crippen LogP contribution in [-0.4, -0.2) is 16.7 Å². The zero-order valence-corrected chi connectivity index (χ0v) is 8.91. The van der Waals surface area contributed by atoms with Gasteiger partial charge in [0.2, 0.25) is 0 Å². The van der Waals surface area contributed by atoms with Crippen molar-refractivity contribution in [1.82, 2.24) is 0 Å². The van der Waals surface area contributed by atoms with E-state index in [4.69, 9.17) is 5.11 Å². The van der Waals surface area contributed by atoms with E-state index in [1.165, 1.54) is 0 Å². The summed E-state index contributed by atoms with van der Waals surface area (Å²) in [6.45, 7) is 1.88. The molecule has 1 rings (SSSR count). The van der Waals surface area contributed by atoms with E-state index in [0.29, 0.717) is 5.33 Å². The predicted octanol–water partition coefficient (Wildman–Crippen LogP) is 2.38. The van der Waals surface area contributed by atoms with Gasteiger partial charge >= 0.3 is 0 Å². The molecule has 1 unspecified atom stereocenters. The molecule has 13 heavy (non-hydrogen) atoms. The Morgan fingerprint density at radius 1 is 1.62 bits per heavy atom. The summed E-state index contributed by atoms with van der Waals surface area (Å²) in [5, 5.41) is 9.78. The van der Waals surface area contributed by atoms with Crippen LogP contribution in [0.5, 0.6) is 5.75 Å². The van der Waals surface area contributed by atoms with E-state index < -0.39 is 0 Å². The van der Waals surface area contributed by atoms with E-state index in [1.807, 2.05) is 6.92 Å². The zero-order chi connectivity index (χ0) is 9.84. The van der Waals surface area contributed by atoms with E-state index in [1.54, 1.807) is 18.2 Å². The summed E-state index contributed by atoms with van der Waals surface area (Å²) >= 11 is 3.27. The van der Waals surface area contributed by atoms with Gasteiger partial charge in [-0.2, -0.15) is 0 Å². The molecule has 1 N–H and O–H groups in total. The lowest BCUT2D eigenvalue weighted by molar-refractivity contribution is -0.108. The first kappa shape index (κ1) is 10.3. The Morgan fingerprint density at radius 3 is 2.77 bits per heavy atom. The van der Waals surface area contributed by atoms with Crippen molar-refractivity contribution in [2.24, 2.45) is 0 Å². The summed E-state index contributed by atoms with van der Waals surface area (Å²) in [5.41, 5.74) is 1.90. The van der Waals surface area contributed by atoms with Gasteiger partial charge in [-0.1, -0.05) is 22.0 Å². The predicted molar refractivity (Wildman–Crippen MR) is 55.4 cm³/mol. The third kappa shape index (κ3) is 2.31. The van der Waals surface area contributed by atoms with Crippen LogP contribution in [0.2, 0.25) is 0 Å². The number of carbonyl (C=O) groups excluding carboxylic acids is 1. The molecule has 0 aliphatic heterocycles. The van der Waals surface area contributed by atoms with Gasteiger partial charge in [0.15, 0.2) is 0 Å². The molecule has 1 aromatic carbocycles. The van der Waals surface area contributed by atoms with Crippen LogP contribution in [0.15, 0.2) is 18.2 Å². The third-order valence-corrected chi connectivity index (χ3v) is 2.68. The number of benzene rings is 1. The van der Waals surface area contributed by atoms with Crippen molar-refractivity contribution in [1.29, 1.82) is 0 Å². The maximum Gasteiger partial charge on any atom is 0.128 e. The monoisotopic (exact) mass is 242 g/mol. The van der Waals surface area contributed by atoms with Crippen LogP contribution < -0.4 is 0 Å². The molecule has 0 bridgehead atoms. The van der Waals surface area contributed by atoms with Crippen LogP contribution >= 0.6 is 15.9 Å². The molecule has 0 aromatic heterocycles. The largest absolute Gasteiger partial charge is 0.508 e. The number of aromatic hydroxyl groups is 1. The summed E-state index contributed by atoms with van der Waals surface area (Å²) in [6, 6.07) is 5.04. The number of aryl methyl sites for hydroxylation is 1. The molecule has 0 aliphatic rings. The van der Waals surface area contributed by atoms with Crippen molar-refractivity contribution < 1.29 is 9.90 Å². The second kappa shape index (κ2) is 4.42. The fourth-order valence-corrected chi connectivity index (χ4v) is 1.77. The molecular formula is C10H11BrO2. The summed E-state index contributed by atoms with van der Waals surface area (Å²) in [6.07, 6.45) is 0.911. The summed E-state index contributed by atoms with van der Waals surface area (Å²) < 4.78 is 0. The number of hydrogen-bond acceptors (Lipinski definition) is 2. The van der Waals surface area contributed by atoms with Crippen molar-refractivity contribution in [2.45, 2.75) is 12.8 Å². The smallest absolute Gasteiger partial charge is 0.128 e. The SMILES string of the molecule is Cc1cc(O)ccc1C(C=O)CBr. The fraction of sp³-hybridized carbons (Fsp3) is 0.300. The Balaban J connectivity index is 3.06. The van der Waals surface area contributed by atoms with Crippen LogP contribution in [0.25, 0.3) is 0 Å². The number of aldehydes is 1. The molecule has 2 nitrogen and oxygen atoms in total. The van der Waals surface area contributed by atoms with Gasteiger partial charge in [-0.3, -0.25) is 0 Å². The maximum absolute atomic E-state index is 10.7. The number of rotatable bonds is 3. The van der Waals surface area contributed by atoms with Gasteiger partial charge in [0.05, 0.1) is 0 Å². The zero-order valence-electron chi connectivity index (χ0n) is 7.33. The molecule has 0 heterocycles. The lowest BCUT2D eigenvalue weighted by atomic mass is 9.97. The molecular weight excluding hydrogens is 232 g/mol. The second-order valence-corrected chi connectivity index (χ2v) is 3.59. The number of phenolic OH excluding ortho intramolecular Hbond substituents is 1. The molecule has 1 atom stereocenters. The van der Waals surface area contributed by atoms with Gasteiger partial charge < -0.3 is 9.90 Å². The van der Waals surface area contributed by atoms with Gasteiger partial charge in [-0.25, -0.2) is 0 Å². The highest BCUT2D eigenvalue weighted by Gasteiger charge is 2.11. The average molecular weight is 243 g/mol. The maximum atomic E-state index is 10.7. The minimum atomic E-state index is -0.124. The molecule has 70 valence electrons. The normalized spacial score (nSPS) is 12.5. The van der Waals surface area contributed by atoms with Crippen molar-refractivity contribution in [3.05, 3.63) is 29.3 Å². The summed E-state index contributed by atoms with van der Waals surface area (Å²) in [5.74, 6) is 0.112. The lowest BCUT2D eigenvalue weighted by Gasteiger charge is -2.10. The van der Waals surface area contributed by atoms with Crippen LogP contribution in [0.4, 0.5) is 0 Å². The Kier molecular flexibility index (Phi) is 3.48. The highest BCUT2D eigenvalue weighted by Crippen LogP contribution is 2.23. The highest BCUT2D eigenvalue weighted by molar-refractivity contribution is 9.09. The van der Waals surface area contributed by atoms with Crippen molar-refractivity contribution in [3.8, 4) is 5.75 Å². The lowest BCUT2D eigenvalue weighted by Crippen LogP contribution is -2.03. The molecule has 0 amide bonds. The van der Waals surface area contributed by atoms with Crippen LogP contribution in [0, 0.1) is 6.92 Å². The molecule has 0 fully saturated rings. The molecule has 0 aliphatic carbocycles. The molecule has 3 heteroatoms. The molecule has 0 saturated carbocycles. The first-order valence-corrected chi connectivity index (χ1v) is 5.12. The van der Waals surface area contributed by atoms with Gasteiger partial charge in [0, 0.05) is 11.2 Å². The number of halogens is 1. The van der Waals surface area contributed by atoms with Gasteiger partial charge in [-0.05, 0) is 30.2 Å². The Labute approximate surface area is 85.7 Å².